The second kappa shape index (κ2) is 18.2. The molecular weight excluding hydrogens is 326 g/mol. The van der Waals surface area contributed by atoms with Gasteiger partial charge in [0.2, 0.25) is 0 Å². The second-order valence-electron chi connectivity index (χ2n) is 7.91. The molecule has 0 fully saturated rings. The molecule has 3 atom stereocenters. The van der Waals surface area contributed by atoms with Crippen molar-refractivity contribution in [1.82, 2.24) is 4.90 Å². The van der Waals surface area contributed by atoms with Gasteiger partial charge in [-0.3, -0.25) is 4.90 Å². The van der Waals surface area contributed by atoms with Crippen molar-refractivity contribution in [3.8, 4) is 0 Å². The van der Waals surface area contributed by atoms with Crippen molar-refractivity contribution in [3.05, 3.63) is 0 Å². The third-order valence-electron chi connectivity index (χ3n) is 5.37. The van der Waals surface area contributed by atoms with Gasteiger partial charge in [0.25, 0.3) is 0 Å². The molecule has 0 saturated heterocycles. The monoisotopic (exact) mass is 373 g/mol. The fraction of sp³-hybridized carbons (Fsp3) is 1.00. The normalized spacial score (nSPS) is 15.3. The van der Waals surface area contributed by atoms with E-state index in [-0.39, 0.29) is 6.04 Å². The standard InChI is InChI=1S/C22H47NO3/c1-4-5-6-7-11-14-17-22(23(20(2)25)21(3)26)18-15-12-9-8-10-13-16-19-24/h20-22,24-26H,4-19H2,1-3H3. The average Bonchev–Trinajstić information content (AvgIpc) is 2.59. The summed E-state index contributed by atoms with van der Waals surface area (Å²) >= 11 is 0. The lowest BCUT2D eigenvalue weighted by Gasteiger charge is -2.36. The van der Waals surface area contributed by atoms with Gasteiger partial charge in [-0.05, 0) is 33.1 Å². The van der Waals surface area contributed by atoms with Gasteiger partial charge >= 0.3 is 0 Å². The fourth-order valence-corrected chi connectivity index (χ4v) is 3.90. The first kappa shape index (κ1) is 25.8. The SMILES string of the molecule is CCCCCCCCC(CCCCCCCCCO)N(C(C)O)C(C)O. The molecule has 158 valence electrons. The maximum atomic E-state index is 10.1. The van der Waals surface area contributed by atoms with Crippen LogP contribution in [0.2, 0.25) is 0 Å². The van der Waals surface area contributed by atoms with E-state index in [0.717, 1.165) is 32.1 Å². The summed E-state index contributed by atoms with van der Waals surface area (Å²) in [7, 11) is 0. The Labute approximate surface area is 163 Å². The molecule has 0 aliphatic heterocycles. The molecule has 4 heteroatoms. The highest BCUT2D eigenvalue weighted by Gasteiger charge is 2.25. The van der Waals surface area contributed by atoms with Crippen molar-refractivity contribution in [1.29, 1.82) is 0 Å². The van der Waals surface area contributed by atoms with Crippen molar-refractivity contribution < 1.29 is 15.3 Å². The van der Waals surface area contributed by atoms with Crippen LogP contribution in [0, 0.1) is 0 Å². The molecule has 0 aliphatic rings. The van der Waals surface area contributed by atoms with E-state index in [9.17, 15) is 10.2 Å². The number of rotatable bonds is 19. The zero-order valence-electron chi connectivity index (χ0n) is 17.8. The van der Waals surface area contributed by atoms with Crippen LogP contribution in [0.1, 0.15) is 117 Å². The van der Waals surface area contributed by atoms with E-state index in [4.69, 9.17) is 5.11 Å². The van der Waals surface area contributed by atoms with Crippen molar-refractivity contribution in [3.63, 3.8) is 0 Å². The van der Waals surface area contributed by atoms with Crippen LogP contribution in [-0.2, 0) is 0 Å². The topological polar surface area (TPSA) is 63.9 Å². The first-order valence-corrected chi connectivity index (χ1v) is 11.3. The van der Waals surface area contributed by atoms with Gasteiger partial charge in [-0.15, -0.1) is 0 Å². The summed E-state index contributed by atoms with van der Waals surface area (Å²) < 4.78 is 0. The minimum Gasteiger partial charge on any atom is -0.396 e. The van der Waals surface area contributed by atoms with Crippen LogP contribution in [0.4, 0.5) is 0 Å². The third kappa shape index (κ3) is 14.0. The molecular formula is C22H47NO3. The first-order valence-electron chi connectivity index (χ1n) is 11.3. The van der Waals surface area contributed by atoms with Crippen molar-refractivity contribution in [2.24, 2.45) is 0 Å². The number of aliphatic hydroxyl groups excluding tert-OH is 3. The molecule has 4 nitrogen and oxygen atoms in total. The largest absolute Gasteiger partial charge is 0.396 e. The van der Waals surface area contributed by atoms with Crippen LogP contribution < -0.4 is 0 Å². The maximum absolute atomic E-state index is 10.1. The molecule has 3 N–H and O–H groups in total. The number of hydrogen-bond donors (Lipinski definition) is 3. The van der Waals surface area contributed by atoms with Gasteiger partial charge in [-0.2, -0.15) is 0 Å². The molecule has 0 aromatic heterocycles. The van der Waals surface area contributed by atoms with E-state index in [1.54, 1.807) is 13.8 Å². The minimum atomic E-state index is -0.599. The van der Waals surface area contributed by atoms with E-state index in [1.165, 1.54) is 64.2 Å². The summed E-state index contributed by atoms with van der Waals surface area (Å²) in [6.07, 6.45) is 16.8. The van der Waals surface area contributed by atoms with E-state index in [2.05, 4.69) is 6.92 Å². The summed E-state index contributed by atoms with van der Waals surface area (Å²) in [5.41, 5.74) is 0. The Kier molecular flexibility index (Phi) is 18.1. The third-order valence-corrected chi connectivity index (χ3v) is 5.37. The lowest BCUT2D eigenvalue weighted by molar-refractivity contribution is -0.113. The second-order valence-corrected chi connectivity index (χ2v) is 7.91. The maximum Gasteiger partial charge on any atom is 0.106 e. The molecule has 26 heavy (non-hydrogen) atoms. The van der Waals surface area contributed by atoms with Crippen molar-refractivity contribution >= 4 is 0 Å². The van der Waals surface area contributed by atoms with Gasteiger partial charge in [-0.25, -0.2) is 0 Å². The Balaban J connectivity index is 4.15. The van der Waals surface area contributed by atoms with Crippen LogP contribution in [-0.4, -0.2) is 45.3 Å². The lowest BCUT2D eigenvalue weighted by atomic mass is 9.98. The smallest absolute Gasteiger partial charge is 0.106 e. The van der Waals surface area contributed by atoms with Gasteiger partial charge in [0.05, 0.1) is 0 Å². The highest BCUT2D eigenvalue weighted by Crippen LogP contribution is 2.21. The Bertz CT molecular complexity index is 277. The summed E-state index contributed by atoms with van der Waals surface area (Å²) in [5, 5.41) is 29.0. The molecule has 3 unspecified atom stereocenters. The Morgan fingerprint density at radius 3 is 1.38 bits per heavy atom. The zero-order valence-corrected chi connectivity index (χ0v) is 17.8. The number of aliphatic hydroxyl groups is 3. The molecule has 0 aromatic rings. The summed E-state index contributed by atoms with van der Waals surface area (Å²) in [6.45, 7) is 6.09. The Hall–Kier alpha value is -0.160. The fourth-order valence-electron chi connectivity index (χ4n) is 3.90. The van der Waals surface area contributed by atoms with Crippen LogP contribution >= 0.6 is 0 Å². The molecule has 0 spiro atoms. The number of hydrogen-bond acceptors (Lipinski definition) is 4. The minimum absolute atomic E-state index is 0.274. The van der Waals surface area contributed by atoms with Gasteiger partial charge in [-0.1, -0.05) is 84.0 Å². The summed E-state index contributed by atoms with van der Waals surface area (Å²) in [4.78, 5) is 1.88. The molecule has 0 heterocycles. The zero-order chi connectivity index (χ0) is 19.6. The van der Waals surface area contributed by atoms with Crippen LogP contribution in [0.3, 0.4) is 0 Å². The van der Waals surface area contributed by atoms with E-state index < -0.39 is 12.5 Å². The predicted molar refractivity (Wildman–Crippen MR) is 111 cm³/mol. The van der Waals surface area contributed by atoms with Crippen molar-refractivity contribution in [2.75, 3.05) is 6.61 Å². The van der Waals surface area contributed by atoms with Gasteiger partial charge in [0, 0.05) is 12.6 Å². The van der Waals surface area contributed by atoms with E-state index in [0.29, 0.717) is 6.61 Å². The highest BCUT2D eigenvalue weighted by atomic mass is 16.3. The average molecular weight is 374 g/mol. The first-order chi connectivity index (χ1) is 12.5. The molecule has 0 bridgehead atoms. The van der Waals surface area contributed by atoms with Gasteiger partial charge in [0.15, 0.2) is 0 Å². The van der Waals surface area contributed by atoms with E-state index in [1.807, 2.05) is 4.90 Å². The predicted octanol–water partition coefficient (Wildman–Crippen LogP) is 5.20. The molecule has 0 aliphatic carbocycles. The molecule has 0 saturated carbocycles. The van der Waals surface area contributed by atoms with Gasteiger partial charge in [0.1, 0.15) is 12.5 Å². The molecule has 0 aromatic carbocycles. The summed E-state index contributed by atoms with van der Waals surface area (Å²) in [5.74, 6) is 0. The number of nitrogens with zero attached hydrogens (tertiary/aromatic N) is 1. The molecule has 0 amide bonds. The molecule has 0 rings (SSSR count). The summed E-state index contributed by atoms with van der Waals surface area (Å²) in [6, 6.07) is 0.274. The van der Waals surface area contributed by atoms with Crippen LogP contribution in [0.25, 0.3) is 0 Å². The Morgan fingerprint density at radius 2 is 1.00 bits per heavy atom. The lowest BCUT2D eigenvalue weighted by Crippen LogP contribution is -2.47. The van der Waals surface area contributed by atoms with Crippen LogP contribution in [0.15, 0.2) is 0 Å². The molecule has 0 radical (unpaired) electrons. The Morgan fingerprint density at radius 1 is 0.615 bits per heavy atom. The highest BCUT2D eigenvalue weighted by molar-refractivity contribution is 4.74. The number of unbranched alkanes of at least 4 members (excludes halogenated alkanes) is 11. The van der Waals surface area contributed by atoms with Gasteiger partial charge < -0.3 is 15.3 Å². The van der Waals surface area contributed by atoms with E-state index >= 15 is 0 Å². The van der Waals surface area contributed by atoms with Crippen molar-refractivity contribution in [2.45, 2.75) is 136 Å². The van der Waals surface area contributed by atoms with Crippen LogP contribution in [0.5, 0.6) is 0 Å². The quantitative estimate of drug-likeness (QED) is 0.215.